The Labute approximate surface area is 122 Å². The molecule has 0 aliphatic heterocycles. The van der Waals surface area contributed by atoms with E-state index in [2.05, 4.69) is 69.3 Å². The van der Waals surface area contributed by atoms with Crippen LogP contribution in [0, 0.1) is 0 Å². The van der Waals surface area contributed by atoms with Crippen LogP contribution in [0.3, 0.4) is 0 Å². The van der Waals surface area contributed by atoms with Crippen molar-refractivity contribution in [3.8, 4) is 11.1 Å². The highest BCUT2D eigenvalue weighted by molar-refractivity contribution is 5.80. The van der Waals surface area contributed by atoms with Crippen molar-refractivity contribution in [1.82, 2.24) is 0 Å². The Balaban J connectivity index is 2.03. The first-order valence-electron chi connectivity index (χ1n) is 7.60. The largest absolute Gasteiger partial charge is 0.0655 e. The van der Waals surface area contributed by atoms with Crippen molar-refractivity contribution in [2.45, 2.75) is 39.5 Å². The molecule has 1 aliphatic rings. The van der Waals surface area contributed by atoms with Gasteiger partial charge in [-0.05, 0) is 46.6 Å². The molecule has 0 heteroatoms. The molecule has 0 saturated carbocycles. The Morgan fingerprint density at radius 3 is 2.40 bits per heavy atom. The Hall–Kier alpha value is -1.82. The first-order chi connectivity index (χ1) is 9.69. The second-order valence-electron chi connectivity index (χ2n) is 5.99. The van der Waals surface area contributed by atoms with Gasteiger partial charge in [-0.25, -0.2) is 0 Å². The van der Waals surface area contributed by atoms with E-state index in [-0.39, 0.29) is 0 Å². The molecule has 0 amide bonds. The molecule has 0 nitrogen and oxygen atoms in total. The van der Waals surface area contributed by atoms with Crippen LogP contribution >= 0.6 is 0 Å². The predicted octanol–water partition coefficient (Wildman–Crippen LogP) is 5.83. The van der Waals surface area contributed by atoms with Gasteiger partial charge in [0.15, 0.2) is 0 Å². The van der Waals surface area contributed by atoms with Gasteiger partial charge in [0.2, 0.25) is 0 Å². The molecule has 1 aliphatic carbocycles. The van der Waals surface area contributed by atoms with E-state index in [1.54, 1.807) is 5.57 Å². The van der Waals surface area contributed by atoms with Crippen molar-refractivity contribution >= 4 is 6.08 Å². The van der Waals surface area contributed by atoms with Crippen molar-refractivity contribution in [2.75, 3.05) is 0 Å². The number of benzene rings is 2. The third kappa shape index (κ3) is 2.31. The molecule has 0 N–H and O–H groups in total. The molecule has 0 heterocycles. The van der Waals surface area contributed by atoms with E-state index in [0.717, 1.165) is 12.8 Å². The van der Waals surface area contributed by atoms with Crippen LogP contribution < -0.4 is 0 Å². The normalized spacial score (nSPS) is 13.5. The van der Waals surface area contributed by atoms with Gasteiger partial charge in [-0.15, -0.1) is 0 Å². The van der Waals surface area contributed by atoms with Crippen LogP contribution in [0.5, 0.6) is 0 Å². The van der Waals surface area contributed by atoms with Crippen LogP contribution in [0.2, 0.25) is 0 Å². The molecule has 2 aromatic carbocycles. The summed E-state index contributed by atoms with van der Waals surface area (Å²) >= 11 is 0. The Morgan fingerprint density at radius 1 is 1.00 bits per heavy atom. The second kappa shape index (κ2) is 5.28. The minimum Gasteiger partial charge on any atom is -0.0655 e. The van der Waals surface area contributed by atoms with E-state index in [1.807, 2.05) is 0 Å². The average Bonchev–Trinajstić information content (AvgIpc) is 2.90. The zero-order chi connectivity index (χ0) is 14.1. The maximum absolute atomic E-state index is 2.39. The van der Waals surface area contributed by atoms with Gasteiger partial charge < -0.3 is 0 Å². The fourth-order valence-electron chi connectivity index (χ4n) is 2.96. The second-order valence-corrected chi connectivity index (χ2v) is 5.99. The quantitative estimate of drug-likeness (QED) is 0.653. The van der Waals surface area contributed by atoms with Gasteiger partial charge in [-0.1, -0.05) is 74.9 Å². The molecule has 102 valence electrons. The molecule has 0 unspecified atom stereocenters. The van der Waals surface area contributed by atoms with Gasteiger partial charge in [0, 0.05) is 0 Å². The first-order valence-corrected chi connectivity index (χ1v) is 7.60. The van der Waals surface area contributed by atoms with Crippen LogP contribution in [0.4, 0.5) is 0 Å². The van der Waals surface area contributed by atoms with E-state index in [1.165, 1.54) is 27.8 Å². The molecular formula is C20H22. The summed E-state index contributed by atoms with van der Waals surface area (Å²) in [7, 11) is 0. The summed E-state index contributed by atoms with van der Waals surface area (Å²) in [6.45, 7) is 6.73. The number of fused-ring (bicyclic) bond motifs is 1. The van der Waals surface area contributed by atoms with Crippen molar-refractivity contribution in [3.05, 3.63) is 64.7 Å². The molecule has 0 radical (unpaired) electrons. The average molecular weight is 262 g/mol. The smallest absolute Gasteiger partial charge is 0.00577 e. The minimum atomic E-state index is 0.595. The van der Waals surface area contributed by atoms with Crippen molar-refractivity contribution in [3.63, 3.8) is 0 Å². The molecule has 0 aromatic heterocycles. The third-order valence-electron chi connectivity index (χ3n) is 4.30. The monoisotopic (exact) mass is 262 g/mol. The van der Waals surface area contributed by atoms with Crippen molar-refractivity contribution < 1.29 is 0 Å². The van der Waals surface area contributed by atoms with Crippen LogP contribution in [0.15, 0.2) is 48.0 Å². The van der Waals surface area contributed by atoms with Crippen LogP contribution in [-0.4, -0.2) is 0 Å². The number of hydrogen-bond donors (Lipinski definition) is 0. The molecule has 3 rings (SSSR count). The lowest BCUT2D eigenvalue weighted by Crippen LogP contribution is -1.89. The van der Waals surface area contributed by atoms with Gasteiger partial charge in [-0.2, -0.15) is 0 Å². The lowest BCUT2D eigenvalue weighted by molar-refractivity contribution is 0.867. The standard InChI is InChI=1S/C20H22/c1-4-15-12-18-6-5-7-19(20(18)13-15)17-10-8-16(9-11-17)14(2)3/h5-11,13-14H,4,12H2,1-3H3. The first kappa shape index (κ1) is 13.2. The highest BCUT2D eigenvalue weighted by atomic mass is 14.2. The van der Waals surface area contributed by atoms with E-state index in [9.17, 15) is 0 Å². The zero-order valence-electron chi connectivity index (χ0n) is 12.6. The fraction of sp³-hybridized carbons (Fsp3) is 0.300. The molecule has 20 heavy (non-hydrogen) atoms. The van der Waals surface area contributed by atoms with Crippen LogP contribution in [0.1, 0.15) is 49.8 Å². The molecule has 0 spiro atoms. The summed E-state index contributed by atoms with van der Waals surface area (Å²) in [4.78, 5) is 0. The lowest BCUT2D eigenvalue weighted by atomic mass is 9.94. The van der Waals surface area contributed by atoms with Crippen molar-refractivity contribution in [2.24, 2.45) is 0 Å². The summed E-state index contributed by atoms with van der Waals surface area (Å²) in [6.07, 6.45) is 4.67. The summed E-state index contributed by atoms with van der Waals surface area (Å²) < 4.78 is 0. The zero-order valence-corrected chi connectivity index (χ0v) is 12.6. The number of allylic oxidation sites excluding steroid dienone is 1. The minimum absolute atomic E-state index is 0.595. The number of hydrogen-bond acceptors (Lipinski definition) is 0. The molecule has 0 bridgehead atoms. The summed E-state index contributed by atoms with van der Waals surface area (Å²) in [5.41, 5.74) is 8.58. The highest BCUT2D eigenvalue weighted by Gasteiger charge is 2.15. The Bertz CT molecular complexity index is 642. The predicted molar refractivity (Wildman–Crippen MR) is 87.9 cm³/mol. The van der Waals surface area contributed by atoms with Gasteiger partial charge in [0.25, 0.3) is 0 Å². The van der Waals surface area contributed by atoms with E-state index in [4.69, 9.17) is 0 Å². The molecular weight excluding hydrogens is 240 g/mol. The maximum atomic E-state index is 2.39. The van der Waals surface area contributed by atoms with Crippen LogP contribution in [0.25, 0.3) is 17.2 Å². The SMILES string of the molecule is CCC1=Cc2c(cccc2-c2ccc(C(C)C)cc2)C1. The van der Waals surface area contributed by atoms with Gasteiger partial charge in [-0.3, -0.25) is 0 Å². The van der Waals surface area contributed by atoms with Crippen LogP contribution in [-0.2, 0) is 6.42 Å². The summed E-state index contributed by atoms with van der Waals surface area (Å²) in [6, 6.07) is 15.8. The van der Waals surface area contributed by atoms with Gasteiger partial charge >= 0.3 is 0 Å². The van der Waals surface area contributed by atoms with Gasteiger partial charge in [0.1, 0.15) is 0 Å². The lowest BCUT2D eigenvalue weighted by Gasteiger charge is -2.10. The Kier molecular flexibility index (Phi) is 3.48. The number of rotatable bonds is 3. The fourth-order valence-corrected chi connectivity index (χ4v) is 2.96. The topological polar surface area (TPSA) is 0 Å². The van der Waals surface area contributed by atoms with Gasteiger partial charge in [0.05, 0.1) is 0 Å². The van der Waals surface area contributed by atoms with E-state index >= 15 is 0 Å². The Morgan fingerprint density at radius 2 is 1.75 bits per heavy atom. The summed E-state index contributed by atoms with van der Waals surface area (Å²) in [5, 5.41) is 0. The van der Waals surface area contributed by atoms with Crippen molar-refractivity contribution in [1.29, 1.82) is 0 Å². The molecule has 2 aromatic rings. The maximum Gasteiger partial charge on any atom is -0.00577 e. The highest BCUT2D eigenvalue weighted by Crippen LogP contribution is 2.35. The summed E-state index contributed by atoms with van der Waals surface area (Å²) in [5.74, 6) is 0.595. The molecule has 0 fully saturated rings. The third-order valence-corrected chi connectivity index (χ3v) is 4.30. The molecule has 0 saturated heterocycles. The van der Waals surface area contributed by atoms with E-state index < -0.39 is 0 Å². The van der Waals surface area contributed by atoms with E-state index in [0.29, 0.717) is 5.92 Å². The molecule has 0 atom stereocenters.